The van der Waals surface area contributed by atoms with Crippen molar-refractivity contribution in [3.8, 4) is 0 Å². The smallest absolute Gasteiger partial charge is 0.340 e. The van der Waals surface area contributed by atoms with E-state index in [1.54, 1.807) is 49.4 Å². The number of para-hydroxylation sites is 1. The number of hydrogen-bond donors (Lipinski definition) is 1. The molecule has 0 aromatic heterocycles. The van der Waals surface area contributed by atoms with Crippen LogP contribution in [0.25, 0.3) is 0 Å². The van der Waals surface area contributed by atoms with E-state index in [4.69, 9.17) is 4.74 Å². The maximum Gasteiger partial charge on any atom is 0.340 e. The van der Waals surface area contributed by atoms with Gasteiger partial charge in [0, 0.05) is 18.4 Å². The van der Waals surface area contributed by atoms with Gasteiger partial charge in [-0.25, -0.2) is 4.79 Å². The Labute approximate surface area is 155 Å². The van der Waals surface area contributed by atoms with Gasteiger partial charge in [0.25, 0.3) is 5.91 Å². The predicted octanol–water partition coefficient (Wildman–Crippen LogP) is 2.77. The molecule has 0 unspecified atom stereocenters. The van der Waals surface area contributed by atoms with Gasteiger partial charge in [-0.2, -0.15) is 0 Å². The third-order valence-corrected chi connectivity index (χ3v) is 4.09. The number of rotatable bonds is 5. The highest BCUT2D eigenvalue weighted by Crippen LogP contribution is 2.24. The molecular formula is C20H18N2O5. The zero-order valence-electron chi connectivity index (χ0n) is 14.7. The van der Waals surface area contributed by atoms with Gasteiger partial charge in [0.05, 0.1) is 23.5 Å². The van der Waals surface area contributed by atoms with Crippen molar-refractivity contribution >= 4 is 35.1 Å². The first-order valence-corrected chi connectivity index (χ1v) is 8.54. The highest BCUT2D eigenvalue weighted by molar-refractivity contribution is 6.20. The lowest BCUT2D eigenvalue weighted by atomic mass is 10.1. The van der Waals surface area contributed by atoms with E-state index in [1.807, 2.05) is 0 Å². The molecule has 2 aromatic rings. The van der Waals surface area contributed by atoms with Crippen LogP contribution >= 0.6 is 0 Å². The number of hydrogen-bond acceptors (Lipinski definition) is 5. The summed E-state index contributed by atoms with van der Waals surface area (Å²) in [5.74, 6) is -1.57. The maximum atomic E-state index is 12.6. The molecule has 1 saturated heterocycles. The summed E-state index contributed by atoms with van der Waals surface area (Å²) in [5, 5.41) is 2.68. The fourth-order valence-corrected chi connectivity index (χ4v) is 2.82. The summed E-state index contributed by atoms with van der Waals surface area (Å²) in [6.45, 7) is 1.92. The standard InChI is InChI=1S/C20H18N2O5/c1-2-27-20(26)15-8-3-4-9-16(15)21-19(25)13-6-5-7-14(12-13)22-17(23)10-11-18(22)24/h3-9,12H,2,10-11H2,1H3,(H,21,25). The normalized spacial score (nSPS) is 13.6. The van der Waals surface area contributed by atoms with E-state index >= 15 is 0 Å². The molecule has 7 heteroatoms. The number of amides is 3. The van der Waals surface area contributed by atoms with E-state index < -0.39 is 11.9 Å². The highest BCUT2D eigenvalue weighted by atomic mass is 16.5. The van der Waals surface area contributed by atoms with Crippen molar-refractivity contribution in [2.45, 2.75) is 19.8 Å². The Morgan fingerprint density at radius 1 is 1.04 bits per heavy atom. The van der Waals surface area contributed by atoms with Crippen LogP contribution in [-0.4, -0.2) is 30.3 Å². The van der Waals surface area contributed by atoms with Crippen LogP contribution in [0.3, 0.4) is 0 Å². The fraction of sp³-hybridized carbons (Fsp3) is 0.200. The number of carbonyl (C=O) groups excluding carboxylic acids is 4. The summed E-state index contributed by atoms with van der Waals surface area (Å²) in [4.78, 5) is 49.5. The molecule has 0 spiro atoms. The molecule has 0 bridgehead atoms. The largest absolute Gasteiger partial charge is 0.462 e. The van der Waals surface area contributed by atoms with Gasteiger partial charge < -0.3 is 10.1 Å². The molecule has 1 fully saturated rings. The van der Waals surface area contributed by atoms with Gasteiger partial charge in [-0.3, -0.25) is 19.3 Å². The van der Waals surface area contributed by atoms with Crippen LogP contribution in [0.1, 0.15) is 40.5 Å². The zero-order valence-corrected chi connectivity index (χ0v) is 14.7. The van der Waals surface area contributed by atoms with Gasteiger partial charge in [-0.15, -0.1) is 0 Å². The van der Waals surface area contributed by atoms with Crippen molar-refractivity contribution in [2.75, 3.05) is 16.8 Å². The minimum atomic E-state index is -0.532. The Bertz CT molecular complexity index is 906. The van der Waals surface area contributed by atoms with E-state index in [-0.39, 0.29) is 42.4 Å². The second-order valence-electron chi connectivity index (χ2n) is 5.89. The second kappa shape index (κ2) is 7.82. The molecule has 1 aliphatic heterocycles. The third-order valence-electron chi connectivity index (χ3n) is 4.09. The van der Waals surface area contributed by atoms with Gasteiger partial charge in [0.15, 0.2) is 0 Å². The van der Waals surface area contributed by atoms with E-state index in [2.05, 4.69) is 5.32 Å². The van der Waals surface area contributed by atoms with Crippen LogP contribution in [0.2, 0.25) is 0 Å². The second-order valence-corrected chi connectivity index (χ2v) is 5.89. The molecule has 138 valence electrons. The van der Waals surface area contributed by atoms with Crippen LogP contribution in [0.15, 0.2) is 48.5 Å². The number of anilines is 2. The molecule has 0 aliphatic carbocycles. The summed E-state index contributed by atoms with van der Waals surface area (Å²) < 4.78 is 4.99. The van der Waals surface area contributed by atoms with Crippen LogP contribution in [0.5, 0.6) is 0 Å². The third kappa shape index (κ3) is 3.87. The molecule has 1 aliphatic rings. The average Bonchev–Trinajstić information content (AvgIpc) is 3.00. The Morgan fingerprint density at radius 2 is 1.74 bits per heavy atom. The van der Waals surface area contributed by atoms with Crippen molar-refractivity contribution in [1.29, 1.82) is 0 Å². The Kier molecular flexibility index (Phi) is 5.30. The maximum absolute atomic E-state index is 12.6. The van der Waals surface area contributed by atoms with Gasteiger partial charge in [-0.1, -0.05) is 18.2 Å². The van der Waals surface area contributed by atoms with Crippen molar-refractivity contribution in [2.24, 2.45) is 0 Å². The molecule has 0 atom stereocenters. The van der Waals surface area contributed by atoms with Crippen LogP contribution in [0, 0.1) is 0 Å². The summed E-state index contributed by atoms with van der Waals surface area (Å²) in [7, 11) is 0. The van der Waals surface area contributed by atoms with E-state index in [0.29, 0.717) is 11.4 Å². The Hall–Kier alpha value is -3.48. The highest BCUT2D eigenvalue weighted by Gasteiger charge is 2.30. The van der Waals surface area contributed by atoms with Gasteiger partial charge in [0.2, 0.25) is 11.8 Å². The molecule has 3 amide bonds. The Balaban J connectivity index is 1.84. The summed E-state index contributed by atoms with van der Waals surface area (Å²) >= 11 is 0. The van der Waals surface area contributed by atoms with Crippen molar-refractivity contribution in [1.82, 2.24) is 0 Å². The predicted molar refractivity (Wildman–Crippen MR) is 98.5 cm³/mol. The molecule has 2 aromatic carbocycles. The minimum Gasteiger partial charge on any atom is -0.462 e. The van der Waals surface area contributed by atoms with Gasteiger partial charge in [0.1, 0.15) is 0 Å². The van der Waals surface area contributed by atoms with Crippen LogP contribution < -0.4 is 10.2 Å². The summed E-state index contributed by atoms with van der Waals surface area (Å²) in [5.41, 5.74) is 1.18. The van der Waals surface area contributed by atoms with Crippen LogP contribution in [0.4, 0.5) is 11.4 Å². The first-order valence-electron chi connectivity index (χ1n) is 8.54. The first-order chi connectivity index (χ1) is 13.0. The number of nitrogens with zero attached hydrogens (tertiary/aromatic N) is 1. The molecule has 27 heavy (non-hydrogen) atoms. The van der Waals surface area contributed by atoms with Crippen molar-refractivity contribution in [3.05, 3.63) is 59.7 Å². The summed E-state index contributed by atoms with van der Waals surface area (Å²) in [6, 6.07) is 12.8. The van der Waals surface area contributed by atoms with E-state index in [1.165, 1.54) is 6.07 Å². The Morgan fingerprint density at radius 3 is 2.44 bits per heavy atom. The van der Waals surface area contributed by atoms with Crippen LogP contribution in [-0.2, 0) is 14.3 Å². The van der Waals surface area contributed by atoms with E-state index in [9.17, 15) is 19.2 Å². The van der Waals surface area contributed by atoms with Gasteiger partial charge in [-0.05, 0) is 37.3 Å². The average molecular weight is 366 g/mol. The molecule has 7 nitrogen and oxygen atoms in total. The van der Waals surface area contributed by atoms with Crippen molar-refractivity contribution in [3.63, 3.8) is 0 Å². The van der Waals surface area contributed by atoms with Crippen molar-refractivity contribution < 1.29 is 23.9 Å². The van der Waals surface area contributed by atoms with E-state index in [0.717, 1.165) is 4.90 Å². The number of benzene rings is 2. The minimum absolute atomic E-state index is 0.169. The fourth-order valence-electron chi connectivity index (χ4n) is 2.82. The number of ether oxygens (including phenoxy) is 1. The molecular weight excluding hydrogens is 348 g/mol. The SMILES string of the molecule is CCOC(=O)c1ccccc1NC(=O)c1cccc(N2C(=O)CCC2=O)c1. The number of nitrogens with one attached hydrogen (secondary N) is 1. The number of imide groups is 1. The number of esters is 1. The topological polar surface area (TPSA) is 92.8 Å². The molecule has 3 rings (SSSR count). The first kappa shape index (κ1) is 18.3. The molecule has 1 N–H and O–H groups in total. The molecule has 0 radical (unpaired) electrons. The zero-order chi connectivity index (χ0) is 19.4. The lowest BCUT2D eigenvalue weighted by Crippen LogP contribution is -2.28. The molecule has 1 heterocycles. The lowest BCUT2D eigenvalue weighted by molar-refractivity contribution is -0.121. The monoisotopic (exact) mass is 366 g/mol. The summed E-state index contributed by atoms with van der Waals surface area (Å²) in [6.07, 6.45) is 0.338. The van der Waals surface area contributed by atoms with Gasteiger partial charge >= 0.3 is 5.97 Å². The lowest BCUT2D eigenvalue weighted by Gasteiger charge is -2.15. The molecule has 0 saturated carbocycles. The quantitative estimate of drug-likeness (QED) is 0.649. The number of carbonyl (C=O) groups is 4.